The highest BCUT2D eigenvalue weighted by atomic mass is 19.1. The van der Waals surface area contributed by atoms with Crippen molar-refractivity contribution < 1.29 is 9.13 Å². The zero-order chi connectivity index (χ0) is 20.2. The highest BCUT2D eigenvalue weighted by Crippen LogP contribution is 2.34. The molecule has 3 aromatic carbocycles. The average molecular weight is 391 g/mol. The summed E-state index contributed by atoms with van der Waals surface area (Å²) in [5.41, 5.74) is 4.53. The topological polar surface area (TPSA) is 15.7 Å². The molecule has 4 heteroatoms. The first-order chi connectivity index (χ1) is 14.2. The van der Waals surface area contributed by atoms with Gasteiger partial charge in [0.05, 0.1) is 13.3 Å². The molecular formula is C25H27FN2O. The van der Waals surface area contributed by atoms with Crippen molar-refractivity contribution in [3.8, 4) is 5.75 Å². The van der Waals surface area contributed by atoms with Gasteiger partial charge in [0.1, 0.15) is 11.6 Å². The van der Waals surface area contributed by atoms with Crippen LogP contribution < -0.4 is 4.74 Å². The zero-order valence-corrected chi connectivity index (χ0v) is 17.0. The van der Waals surface area contributed by atoms with E-state index in [9.17, 15) is 4.39 Å². The van der Waals surface area contributed by atoms with Gasteiger partial charge in [-0.25, -0.2) is 4.39 Å². The van der Waals surface area contributed by atoms with E-state index < -0.39 is 0 Å². The molecule has 0 spiro atoms. The van der Waals surface area contributed by atoms with E-state index in [2.05, 4.69) is 53.1 Å². The number of nitrogens with zero attached hydrogens (tertiary/aromatic N) is 2. The van der Waals surface area contributed by atoms with E-state index in [1.54, 1.807) is 13.2 Å². The van der Waals surface area contributed by atoms with E-state index in [0.29, 0.717) is 6.54 Å². The van der Waals surface area contributed by atoms with Crippen molar-refractivity contribution in [1.82, 2.24) is 9.80 Å². The molecule has 0 saturated carbocycles. The lowest BCUT2D eigenvalue weighted by atomic mass is 10.1. The molecule has 4 rings (SSSR count). The lowest BCUT2D eigenvalue weighted by Gasteiger charge is -2.31. The first-order valence-corrected chi connectivity index (χ1v) is 10.1. The maximum atomic E-state index is 14.3. The fraction of sp³-hybridized carbons (Fsp3) is 0.280. The van der Waals surface area contributed by atoms with Crippen LogP contribution in [0.25, 0.3) is 0 Å². The Morgan fingerprint density at radius 1 is 0.862 bits per heavy atom. The Morgan fingerprint density at radius 3 is 2.21 bits per heavy atom. The first-order valence-electron chi connectivity index (χ1n) is 10.1. The summed E-state index contributed by atoms with van der Waals surface area (Å²) >= 11 is 0. The maximum absolute atomic E-state index is 14.3. The quantitative estimate of drug-likeness (QED) is 0.578. The van der Waals surface area contributed by atoms with Gasteiger partial charge in [-0.3, -0.25) is 9.80 Å². The molecule has 0 N–H and O–H groups in total. The van der Waals surface area contributed by atoms with Crippen LogP contribution in [0.3, 0.4) is 0 Å². The SMILES string of the molecule is COc1cccc([C@@H]2N(Cc3ccccc3C)CCN2Cc2ccccc2F)c1. The molecule has 0 radical (unpaired) electrons. The minimum absolute atomic E-state index is 0.0734. The summed E-state index contributed by atoms with van der Waals surface area (Å²) in [5, 5.41) is 0. The van der Waals surface area contributed by atoms with Gasteiger partial charge >= 0.3 is 0 Å². The van der Waals surface area contributed by atoms with Crippen molar-refractivity contribution in [2.24, 2.45) is 0 Å². The van der Waals surface area contributed by atoms with Crippen LogP contribution in [0.1, 0.15) is 28.4 Å². The van der Waals surface area contributed by atoms with Crippen LogP contribution in [0.2, 0.25) is 0 Å². The molecule has 1 aliphatic rings. The molecule has 1 atom stereocenters. The predicted molar refractivity (Wildman–Crippen MR) is 114 cm³/mol. The highest BCUT2D eigenvalue weighted by Gasteiger charge is 2.33. The normalized spacial score (nSPS) is 17.6. The Kier molecular flexibility index (Phi) is 5.93. The molecule has 0 bridgehead atoms. The van der Waals surface area contributed by atoms with E-state index in [-0.39, 0.29) is 12.0 Å². The summed E-state index contributed by atoms with van der Waals surface area (Å²) in [6, 6.07) is 23.8. The van der Waals surface area contributed by atoms with Crippen LogP contribution in [0, 0.1) is 12.7 Å². The summed E-state index contributed by atoms with van der Waals surface area (Å²) in [5.74, 6) is 0.699. The fourth-order valence-corrected chi connectivity index (χ4v) is 4.14. The van der Waals surface area contributed by atoms with Crippen LogP contribution in [-0.2, 0) is 13.1 Å². The average Bonchev–Trinajstić information content (AvgIpc) is 3.13. The van der Waals surface area contributed by atoms with E-state index in [4.69, 9.17) is 4.74 Å². The summed E-state index contributed by atoms with van der Waals surface area (Å²) in [6.07, 6.45) is 0.0734. The third-order valence-corrected chi connectivity index (χ3v) is 5.72. The van der Waals surface area contributed by atoms with Gasteiger partial charge < -0.3 is 4.74 Å². The molecule has 1 heterocycles. The maximum Gasteiger partial charge on any atom is 0.127 e. The van der Waals surface area contributed by atoms with Crippen LogP contribution in [0.5, 0.6) is 5.75 Å². The van der Waals surface area contributed by atoms with Crippen molar-refractivity contribution in [3.63, 3.8) is 0 Å². The minimum Gasteiger partial charge on any atom is -0.497 e. The molecule has 1 fully saturated rings. The molecule has 0 amide bonds. The van der Waals surface area contributed by atoms with Gasteiger partial charge in [-0.15, -0.1) is 0 Å². The standard InChI is InChI=1S/C25H27FN2O/c1-19-8-3-4-9-21(19)17-27-14-15-28(18-22-10-5-6-13-24(22)26)25(27)20-11-7-12-23(16-20)29-2/h3-13,16,25H,14-15,17-18H2,1-2H3/t25-/m1/s1. The van der Waals surface area contributed by atoms with Crippen LogP contribution >= 0.6 is 0 Å². The van der Waals surface area contributed by atoms with E-state index in [1.165, 1.54) is 22.8 Å². The molecular weight excluding hydrogens is 363 g/mol. The monoisotopic (exact) mass is 390 g/mol. The Hall–Kier alpha value is -2.69. The number of ether oxygens (including phenoxy) is 1. The molecule has 1 aliphatic heterocycles. The minimum atomic E-state index is -0.144. The van der Waals surface area contributed by atoms with Crippen molar-refractivity contribution in [1.29, 1.82) is 0 Å². The number of methoxy groups -OCH3 is 1. The Morgan fingerprint density at radius 2 is 1.52 bits per heavy atom. The van der Waals surface area contributed by atoms with Gasteiger partial charge in [0.2, 0.25) is 0 Å². The number of rotatable bonds is 6. The smallest absolute Gasteiger partial charge is 0.127 e. The molecule has 0 unspecified atom stereocenters. The molecule has 150 valence electrons. The number of aryl methyl sites for hydroxylation is 1. The predicted octanol–water partition coefficient (Wildman–Crippen LogP) is 5.16. The molecule has 3 nitrogen and oxygen atoms in total. The summed E-state index contributed by atoms with van der Waals surface area (Å²) in [4.78, 5) is 4.82. The van der Waals surface area contributed by atoms with Crippen molar-refractivity contribution in [2.45, 2.75) is 26.2 Å². The summed E-state index contributed by atoms with van der Waals surface area (Å²) in [7, 11) is 1.69. The van der Waals surface area contributed by atoms with Gasteiger partial charge in [-0.05, 0) is 41.8 Å². The van der Waals surface area contributed by atoms with Crippen LogP contribution in [0.15, 0.2) is 72.8 Å². The Bertz CT molecular complexity index is 919. The van der Waals surface area contributed by atoms with Gasteiger partial charge in [0.25, 0.3) is 0 Å². The molecule has 0 aliphatic carbocycles. The van der Waals surface area contributed by atoms with E-state index >= 15 is 0 Å². The summed E-state index contributed by atoms with van der Waals surface area (Å²) < 4.78 is 19.8. The second-order valence-electron chi connectivity index (χ2n) is 7.61. The van der Waals surface area contributed by atoms with Gasteiger partial charge in [0, 0.05) is 31.7 Å². The molecule has 0 aromatic heterocycles. The first kappa shape index (κ1) is 19.6. The van der Waals surface area contributed by atoms with E-state index in [0.717, 1.165) is 30.9 Å². The number of hydrogen-bond acceptors (Lipinski definition) is 3. The zero-order valence-electron chi connectivity index (χ0n) is 17.0. The highest BCUT2D eigenvalue weighted by molar-refractivity contribution is 5.32. The third-order valence-electron chi connectivity index (χ3n) is 5.72. The van der Waals surface area contributed by atoms with Gasteiger partial charge in [-0.2, -0.15) is 0 Å². The third kappa shape index (κ3) is 4.34. The second-order valence-corrected chi connectivity index (χ2v) is 7.61. The van der Waals surface area contributed by atoms with E-state index in [1.807, 2.05) is 24.3 Å². The fourth-order valence-electron chi connectivity index (χ4n) is 4.14. The largest absolute Gasteiger partial charge is 0.497 e. The van der Waals surface area contributed by atoms with Crippen LogP contribution in [-0.4, -0.2) is 30.0 Å². The summed E-state index contributed by atoms with van der Waals surface area (Å²) in [6.45, 7) is 5.43. The van der Waals surface area contributed by atoms with Gasteiger partial charge in [-0.1, -0.05) is 54.6 Å². The number of benzene rings is 3. The number of halogens is 1. The molecule has 1 saturated heterocycles. The van der Waals surface area contributed by atoms with Crippen LogP contribution in [0.4, 0.5) is 4.39 Å². The Balaban J connectivity index is 1.66. The Labute approximate surface area is 172 Å². The second kappa shape index (κ2) is 8.76. The van der Waals surface area contributed by atoms with Crippen molar-refractivity contribution >= 4 is 0 Å². The molecule has 3 aromatic rings. The molecule has 29 heavy (non-hydrogen) atoms. The lowest BCUT2D eigenvalue weighted by Crippen LogP contribution is -2.31. The van der Waals surface area contributed by atoms with Crippen molar-refractivity contribution in [2.75, 3.05) is 20.2 Å². The lowest BCUT2D eigenvalue weighted by molar-refractivity contribution is 0.124. The van der Waals surface area contributed by atoms with Gasteiger partial charge in [0.15, 0.2) is 0 Å². The number of hydrogen-bond donors (Lipinski definition) is 0. The van der Waals surface area contributed by atoms with Crippen molar-refractivity contribution in [3.05, 3.63) is 101 Å².